The van der Waals surface area contributed by atoms with Gasteiger partial charge < -0.3 is 0 Å². The maximum absolute atomic E-state index is 2.35. The Bertz CT molecular complexity index is 384. The van der Waals surface area contributed by atoms with E-state index in [1.54, 1.807) is 0 Å². The fourth-order valence-corrected chi connectivity index (χ4v) is 1.88. The zero-order valence-electron chi connectivity index (χ0n) is 11.5. The third-order valence-electron chi connectivity index (χ3n) is 2.82. The molecule has 1 aliphatic carbocycles. The predicted molar refractivity (Wildman–Crippen MR) is 77.9 cm³/mol. The van der Waals surface area contributed by atoms with Crippen molar-refractivity contribution in [1.29, 1.82) is 0 Å². The summed E-state index contributed by atoms with van der Waals surface area (Å²) in [6.45, 7) is 8.71. The fourth-order valence-electron chi connectivity index (χ4n) is 1.88. The third kappa shape index (κ3) is 5.04. The Morgan fingerprint density at radius 2 is 1.94 bits per heavy atom. The van der Waals surface area contributed by atoms with Gasteiger partial charge in [0.05, 0.1) is 0 Å². The highest BCUT2D eigenvalue weighted by Crippen LogP contribution is 2.25. The minimum absolute atomic E-state index is 0.591. The minimum atomic E-state index is 0.591. The van der Waals surface area contributed by atoms with Gasteiger partial charge in [-0.2, -0.15) is 0 Å². The summed E-state index contributed by atoms with van der Waals surface area (Å²) < 4.78 is 0. The van der Waals surface area contributed by atoms with E-state index < -0.39 is 0 Å². The van der Waals surface area contributed by atoms with E-state index in [1.165, 1.54) is 29.6 Å². The second kappa shape index (κ2) is 7.11. The second-order valence-electron chi connectivity index (χ2n) is 4.96. The van der Waals surface area contributed by atoms with E-state index in [4.69, 9.17) is 0 Å². The molecule has 92 valence electrons. The van der Waals surface area contributed by atoms with Gasteiger partial charge in [0.25, 0.3) is 0 Å². The van der Waals surface area contributed by atoms with Crippen molar-refractivity contribution in [3.8, 4) is 0 Å². The summed E-state index contributed by atoms with van der Waals surface area (Å²) in [5.41, 5.74) is 4.32. The molecule has 0 aromatic rings. The Morgan fingerprint density at radius 3 is 2.47 bits per heavy atom. The first-order valence-corrected chi connectivity index (χ1v) is 6.51. The topological polar surface area (TPSA) is 0 Å². The summed E-state index contributed by atoms with van der Waals surface area (Å²) in [6.07, 6.45) is 17.7. The zero-order valence-corrected chi connectivity index (χ0v) is 11.5. The molecule has 0 heteroatoms. The van der Waals surface area contributed by atoms with Gasteiger partial charge in [-0.1, -0.05) is 62.0 Å². The van der Waals surface area contributed by atoms with E-state index >= 15 is 0 Å². The molecule has 0 nitrogen and oxygen atoms in total. The predicted octanol–water partition coefficient (Wildman–Crippen LogP) is 5.37. The van der Waals surface area contributed by atoms with E-state index in [-0.39, 0.29) is 0 Å². The summed E-state index contributed by atoms with van der Waals surface area (Å²) in [5, 5.41) is 0. The van der Waals surface area contributed by atoms with Crippen LogP contribution in [0.25, 0.3) is 0 Å². The van der Waals surface area contributed by atoms with Crippen molar-refractivity contribution in [2.75, 3.05) is 0 Å². The first-order chi connectivity index (χ1) is 8.13. The largest absolute Gasteiger partial charge is 0.0877 e. The molecular weight excluding hydrogens is 204 g/mol. The van der Waals surface area contributed by atoms with Gasteiger partial charge in [0.1, 0.15) is 0 Å². The SMILES string of the molecule is C\C=C/C=C\C(=C/C(C)C)C1=CC=C(C)CC1. The van der Waals surface area contributed by atoms with Crippen molar-refractivity contribution >= 4 is 0 Å². The van der Waals surface area contributed by atoms with Crippen molar-refractivity contribution in [3.05, 3.63) is 59.3 Å². The molecule has 0 amide bonds. The highest BCUT2D eigenvalue weighted by atomic mass is 14.1. The Balaban J connectivity index is 2.92. The van der Waals surface area contributed by atoms with E-state index in [9.17, 15) is 0 Å². The highest BCUT2D eigenvalue weighted by Gasteiger charge is 2.06. The van der Waals surface area contributed by atoms with Gasteiger partial charge in [0, 0.05) is 0 Å². The van der Waals surface area contributed by atoms with Crippen LogP contribution in [0.15, 0.2) is 59.3 Å². The molecule has 0 fully saturated rings. The van der Waals surface area contributed by atoms with Gasteiger partial charge in [-0.05, 0) is 43.8 Å². The van der Waals surface area contributed by atoms with E-state index in [2.05, 4.69) is 63.3 Å². The first-order valence-electron chi connectivity index (χ1n) is 6.51. The molecule has 0 spiro atoms. The van der Waals surface area contributed by atoms with E-state index in [1.807, 2.05) is 6.92 Å². The lowest BCUT2D eigenvalue weighted by molar-refractivity contribution is 0.820. The summed E-state index contributed by atoms with van der Waals surface area (Å²) in [6, 6.07) is 0. The van der Waals surface area contributed by atoms with Gasteiger partial charge in [-0.25, -0.2) is 0 Å². The second-order valence-corrected chi connectivity index (χ2v) is 4.96. The molecule has 0 radical (unpaired) electrons. The van der Waals surface area contributed by atoms with Gasteiger partial charge in [-0.3, -0.25) is 0 Å². The minimum Gasteiger partial charge on any atom is -0.0877 e. The van der Waals surface area contributed by atoms with Crippen molar-refractivity contribution in [2.24, 2.45) is 5.92 Å². The Labute approximate surface area is 106 Å². The summed E-state index contributed by atoms with van der Waals surface area (Å²) in [5.74, 6) is 0.591. The van der Waals surface area contributed by atoms with Crippen LogP contribution in [0.1, 0.15) is 40.5 Å². The Hall–Kier alpha value is -1.30. The van der Waals surface area contributed by atoms with Crippen LogP contribution in [-0.4, -0.2) is 0 Å². The number of allylic oxidation sites excluding steroid dienone is 10. The molecule has 0 N–H and O–H groups in total. The van der Waals surface area contributed by atoms with Crippen LogP contribution < -0.4 is 0 Å². The standard InChI is InChI=1S/C17H24/c1-5-6-7-8-17(13-14(2)3)16-11-9-15(4)10-12-16/h5-9,11,13-14H,10,12H2,1-4H3/b6-5-,8-7-,17-13+. The summed E-state index contributed by atoms with van der Waals surface area (Å²) in [7, 11) is 0. The van der Waals surface area contributed by atoms with Crippen LogP contribution in [0.3, 0.4) is 0 Å². The fraction of sp³-hybridized carbons (Fsp3) is 0.412. The Kier molecular flexibility index (Phi) is 5.76. The molecule has 0 heterocycles. The van der Waals surface area contributed by atoms with Crippen molar-refractivity contribution in [2.45, 2.75) is 40.5 Å². The monoisotopic (exact) mass is 228 g/mol. The molecule has 17 heavy (non-hydrogen) atoms. The van der Waals surface area contributed by atoms with Gasteiger partial charge in [0.15, 0.2) is 0 Å². The lowest BCUT2D eigenvalue weighted by Gasteiger charge is -2.14. The molecule has 0 bridgehead atoms. The lowest BCUT2D eigenvalue weighted by atomic mass is 9.92. The van der Waals surface area contributed by atoms with E-state index in [0.29, 0.717) is 5.92 Å². The maximum Gasteiger partial charge on any atom is -0.0236 e. The molecule has 0 saturated carbocycles. The highest BCUT2D eigenvalue weighted by molar-refractivity contribution is 5.44. The molecule has 0 unspecified atom stereocenters. The lowest BCUT2D eigenvalue weighted by Crippen LogP contribution is -1.95. The molecule has 0 saturated heterocycles. The molecule has 1 rings (SSSR count). The molecule has 0 atom stereocenters. The van der Waals surface area contributed by atoms with E-state index in [0.717, 1.165) is 0 Å². The average molecular weight is 228 g/mol. The average Bonchev–Trinajstić information content (AvgIpc) is 2.28. The molecule has 0 aliphatic heterocycles. The molecule has 0 aromatic carbocycles. The summed E-state index contributed by atoms with van der Waals surface area (Å²) in [4.78, 5) is 0. The van der Waals surface area contributed by atoms with Crippen molar-refractivity contribution in [3.63, 3.8) is 0 Å². The van der Waals surface area contributed by atoms with Crippen LogP contribution in [0.2, 0.25) is 0 Å². The van der Waals surface area contributed by atoms with Crippen LogP contribution in [0.5, 0.6) is 0 Å². The first kappa shape index (κ1) is 13.8. The van der Waals surface area contributed by atoms with Crippen LogP contribution in [-0.2, 0) is 0 Å². The van der Waals surface area contributed by atoms with Gasteiger partial charge in [0.2, 0.25) is 0 Å². The quantitative estimate of drug-likeness (QED) is 0.568. The number of rotatable bonds is 4. The van der Waals surface area contributed by atoms with Crippen molar-refractivity contribution < 1.29 is 0 Å². The van der Waals surface area contributed by atoms with Crippen LogP contribution in [0, 0.1) is 5.92 Å². The normalized spacial score (nSPS) is 18.1. The smallest absolute Gasteiger partial charge is 0.0236 e. The number of hydrogen-bond acceptors (Lipinski definition) is 0. The van der Waals surface area contributed by atoms with Crippen molar-refractivity contribution in [1.82, 2.24) is 0 Å². The molecular formula is C17H24. The van der Waals surface area contributed by atoms with Gasteiger partial charge in [-0.15, -0.1) is 0 Å². The van der Waals surface area contributed by atoms with Crippen LogP contribution in [0.4, 0.5) is 0 Å². The van der Waals surface area contributed by atoms with Crippen LogP contribution >= 0.6 is 0 Å². The molecule has 1 aliphatic rings. The Morgan fingerprint density at radius 1 is 1.18 bits per heavy atom. The third-order valence-corrected chi connectivity index (χ3v) is 2.82. The summed E-state index contributed by atoms with van der Waals surface area (Å²) >= 11 is 0. The zero-order chi connectivity index (χ0) is 12.7. The molecule has 0 aromatic heterocycles. The number of hydrogen-bond donors (Lipinski definition) is 0. The van der Waals surface area contributed by atoms with Gasteiger partial charge >= 0.3 is 0 Å². The maximum atomic E-state index is 2.35.